The van der Waals surface area contributed by atoms with Crippen LogP contribution in [0.4, 0.5) is 11.4 Å². The number of amidine groups is 1. The van der Waals surface area contributed by atoms with E-state index in [2.05, 4.69) is 186 Å². The summed E-state index contributed by atoms with van der Waals surface area (Å²) >= 11 is 0. The molecule has 3 aromatic carbocycles. The molecule has 1 atom stereocenters. The van der Waals surface area contributed by atoms with Gasteiger partial charge in [0.1, 0.15) is 0 Å². The SMILES string of the molecule is CN1C2=CC=CCC2(C)[N+](C)=C1/C=C/c1ccc(N(C)CCSSCCN(C)c2ccc(/C=C/c3[nH]c4ccccc4[n+]3C)cc2)cc1. The van der Waals surface area contributed by atoms with Gasteiger partial charge in [0.05, 0.1) is 21.1 Å². The molecule has 0 saturated carbocycles. The summed E-state index contributed by atoms with van der Waals surface area (Å²) in [6.07, 6.45) is 16.5. The maximum absolute atomic E-state index is 3.49. The van der Waals surface area contributed by atoms with Gasteiger partial charge in [-0.25, -0.2) is 14.5 Å². The molecule has 248 valence electrons. The second kappa shape index (κ2) is 15.0. The zero-order valence-corrected chi connectivity index (χ0v) is 30.7. The van der Waals surface area contributed by atoms with E-state index in [-0.39, 0.29) is 5.54 Å². The smallest absolute Gasteiger partial charge is 0.279 e. The minimum atomic E-state index is 0.0330. The number of aromatic amines is 1. The molecule has 0 amide bonds. The number of rotatable bonds is 13. The fourth-order valence-electron chi connectivity index (χ4n) is 6.47. The Morgan fingerprint density at radius 3 is 1.98 bits per heavy atom. The van der Waals surface area contributed by atoms with Crippen LogP contribution in [0.3, 0.4) is 0 Å². The molecule has 1 aliphatic carbocycles. The molecule has 0 saturated heterocycles. The summed E-state index contributed by atoms with van der Waals surface area (Å²) in [6, 6.07) is 26.1. The number of hydrogen-bond donors (Lipinski definition) is 1. The van der Waals surface area contributed by atoms with Crippen LogP contribution >= 0.6 is 21.6 Å². The first kappa shape index (κ1) is 33.7. The van der Waals surface area contributed by atoms with Gasteiger partial charge in [-0.15, -0.1) is 0 Å². The van der Waals surface area contributed by atoms with Crippen LogP contribution in [0.2, 0.25) is 0 Å². The lowest BCUT2D eigenvalue weighted by atomic mass is 9.90. The van der Waals surface area contributed by atoms with Gasteiger partial charge >= 0.3 is 0 Å². The van der Waals surface area contributed by atoms with Crippen molar-refractivity contribution in [1.82, 2.24) is 9.88 Å². The Hall–Kier alpha value is -4.14. The number of anilines is 2. The topological polar surface area (TPSA) is 32.4 Å². The molecule has 2 heterocycles. The quantitative estimate of drug-likeness (QED) is 0.0891. The summed E-state index contributed by atoms with van der Waals surface area (Å²) in [5, 5.41) is 0. The predicted octanol–water partition coefficient (Wildman–Crippen LogP) is 7.72. The molecule has 8 heteroatoms. The van der Waals surface area contributed by atoms with Gasteiger partial charge in [-0.05, 0) is 72.7 Å². The van der Waals surface area contributed by atoms with Gasteiger partial charge < -0.3 is 9.80 Å². The van der Waals surface area contributed by atoms with Crippen molar-refractivity contribution in [2.45, 2.75) is 18.9 Å². The average Bonchev–Trinajstić information content (AvgIpc) is 3.53. The highest BCUT2D eigenvalue weighted by Crippen LogP contribution is 2.35. The second-order valence-corrected chi connectivity index (χ2v) is 15.6. The van der Waals surface area contributed by atoms with Crippen molar-refractivity contribution in [1.29, 1.82) is 0 Å². The Bertz CT molecular complexity index is 1880. The number of para-hydroxylation sites is 2. The molecule has 6 nitrogen and oxygen atoms in total. The largest absolute Gasteiger partial charge is 0.374 e. The van der Waals surface area contributed by atoms with Crippen molar-refractivity contribution in [2.75, 3.05) is 62.6 Å². The third kappa shape index (κ3) is 7.30. The Morgan fingerprint density at radius 1 is 0.812 bits per heavy atom. The Labute approximate surface area is 294 Å². The second-order valence-electron chi connectivity index (χ2n) is 12.9. The molecule has 0 fully saturated rings. The van der Waals surface area contributed by atoms with Gasteiger partial charge in [0.15, 0.2) is 22.3 Å². The molecule has 6 rings (SSSR count). The van der Waals surface area contributed by atoms with Gasteiger partial charge in [0.2, 0.25) is 0 Å². The van der Waals surface area contributed by atoms with E-state index in [0.29, 0.717) is 0 Å². The van der Waals surface area contributed by atoms with Crippen molar-refractivity contribution >= 4 is 68.1 Å². The maximum Gasteiger partial charge on any atom is 0.279 e. The zero-order valence-electron chi connectivity index (χ0n) is 29.1. The van der Waals surface area contributed by atoms with Crippen LogP contribution < -0.4 is 14.4 Å². The molecular formula is C40H48N6S2+2. The lowest BCUT2D eigenvalue weighted by molar-refractivity contribution is -0.646. The van der Waals surface area contributed by atoms with Crippen LogP contribution in [0.15, 0.2) is 103 Å². The third-order valence-electron chi connectivity index (χ3n) is 9.77. The molecule has 0 bridgehead atoms. The van der Waals surface area contributed by atoms with Crippen molar-refractivity contribution < 1.29 is 9.14 Å². The van der Waals surface area contributed by atoms with Gasteiger partial charge in [0.25, 0.3) is 11.7 Å². The van der Waals surface area contributed by atoms with Crippen molar-refractivity contribution in [2.24, 2.45) is 7.05 Å². The van der Waals surface area contributed by atoms with Gasteiger partial charge in [0, 0.05) is 68.6 Å². The summed E-state index contributed by atoms with van der Waals surface area (Å²) in [4.78, 5) is 10.5. The third-order valence-corrected chi connectivity index (χ3v) is 12.1. The molecule has 0 radical (unpaired) electrons. The van der Waals surface area contributed by atoms with Crippen LogP contribution in [-0.4, -0.2) is 78.6 Å². The number of nitrogens with one attached hydrogen (secondary N) is 1. The molecule has 2 aliphatic rings. The molecule has 1 aromatic heterocycles. The van der Waals surface area contributed by atoms with E-state index in [1.54, 1.807) is 0 Å². The van der Waals surface area contributed by atoms with E-state index in [0.717, 1.165) is 42.4 Å². The number of imidazole rings is 1. The summed E-state index contributed by atoms with van der Waals surface area (Å²) in [7, 11) is 14.7. The number of fused-ring (bicyclic) bond motifs is 2. The number of hydrogen-bond acceptors (Lipinski definition) is 5. The van der Waals surface area contributed by atoms with E-state index in [1.807, 2.05) is 21.6 Å². The molecule has 0 spiro atoms. The highest BCUT2D eigenvalue weighted by Gasteiger charge is 2.48. The van der Waals surface area contributed by atoms with Crippen LogP contribution in [0, 0.1) is 0 Å². The van der Waals surface area contributed by atoms with Crippen LogP contribution in [0.25, 0.3) is 29.3 Å². The van der Waals surface area contributed by atoms with Crippen LogP contribution in [0.5, 0.6) is 0 Å². The fraction of sp³-hybridized carbons (Fsp3) is 0.300. The van der Waals surface area contributed by atoms with E-state index in [9.17, 15) is 0 Å². The number of allylic oxidation sites excluding steroid dienone is 2. The normalized spacial score (nSPS) is 17.6. The average molecular weight is 677 g/mol. The van der Waals surface area contributed by atoms with Gasteiger partial charge in [-0.2, -0.15) is 0 Å². The molecular weight excluding hydrogens is 629 g/mol. The van der Waals surface area contributed by atoms with Gasteiger partial charge in [-0.1, -0.05) is 70.1 Å². The van der Waals surface area contributed by atoms with E-state index >= 15 is 0 Å². The van der Waals surface area contributed by atoms with Crippen LogP contribution in [0.1, 0.15) is 30.3 Å². The molecule has 48 heavy (non-hydrogen) atoms. The number of H-pyrrole nitrogens is 1. The molecule has 1 aliphatic heterocycles. The van der Waals surface area contributed by atoms with Crippen molar-refractivity contribution in [3.05, 3.63) is 120 Å². The first-order valence-electron chi connectivity index (χ1n) is 16.7. The minimum Gasteiger partial charge on any atom is -0.374 e. The predicted molar refractivity (Wildman–Crippen MR) is 211 cm³/mol. The summed E-state index contributed by atoms with van der Waals surface area (Å²) in [5.74, 6) is 4.48. The molecule has 1 N–H and O–H groups in total. The summed E-state index contributed by atoms with van der Waals surface area (Å²) in [5.41, 5.74) is 8.65. The summed E-state index contributed by atoms with van der Waals surface area (Å²) in [6.45, 7) is 4.36. The fourth-order valence-corrected chi connectivity index (χ4v) is 8.56. The standard InChI is InChI=1S/C40H47N6S2/c1-40-26-10-9-13-37(40)45(5)39(46(40)6)25-19-32-16-22-34(23-17-32)43(3)28-30-48-47-29-27-42(2)33-20-14-31(15-21-33)18-24-38-41-35-11-7-8-12-36(35)44(38)4/h7-25H,26-30H2,1-6H3/q+1/p+1/b24-18+. The Morgan fingerprint density at radius 2 is 1.40 bits per heavy atom. The first-order valence-corrected chi connectivity index (χ1v) is 19.1. The Balaban J connectivity index is 0.903. The van der Waals surface area contributed by atoms with E-state index < -0.39 is 0 Å². The molecule has 4 aromatic rings. The minimum absolute atomic E-state index is 0.0330. The van der Waals surface area contributed by atoms with E-state index in [4.69, 9.17) is 0 Å². The Kier molecular flexibility index (Phi) is 10.5. The number of nitrogens with zero attached hydrogens (tertiary/aromatic N) is 5. The lowest BCUT2D eigenvalue weighted by Crippen LogP contribution is -2.36. The number of benzene rings is 3. The highest BCUT2D eigenvalue weighted by molar-refractivity contribution is 8.76. The van der Waals surface area contributed by atoms with Gasteiger partial charge in [-0.3, -0.25) is 4.58 Å². The summed E-state index contributed by atoms with van der Waals surface area (Å²) < 4.78 is 4.59. The van der Waals surface area contributed by atoms with E-state index in [1.165, 1.54) is 39.6 Å². The van der Waals surface area contributed by atoms with Crippen molar-refractivity contribution in [3.63, 3.8) is 0 Å². The highest BCUT2D eigenvalue weighted by atomic mass is 33.1. The zero-order chi connectivity index (χ0) is 33.7. The first-order chi connectivity index (χ1) is 23.2. The number of likely N-dealkylation sites (N-methyl/N-ethyl adjacent to an activating group) is 2. The van der Waals surface area contributed by atoms with Crippen LogP contribution in [-0.2, 0) is 7.05 Å². The molecule has 1 unspecified atom stereocenters. The number of aryl methyl sites for hydroxylation is 1. The maximum atomic E-state index is 3.49. The monoisotopic (exact) mass is 676 g/mol. The van der Waals surface area contributed by atoms with Crippen molar-refractivity contribution in [3.8, 4) is 0 Å². The lowest BCUT2D eigenvalue weighted by Gasteiger charge is -2.24. The number of aromatic nitrogens is 2.